The molecule has 13 rings (SSSR count). The van der Waals surface area contributed by atoms with Crippen molar-refractivity contribution >= 4 is 71.6 Å². The number of nitrogens with zero attached hydrogens (tertiary/aromatic N) is 2. The molecule has 0 amide bonds. The lowest BCUT2D eigenvalue weighted by Crippen LogP contribution is -2.09. The van der Waals surface area contributed by atoms with E-state index in [1.807, 2.05) is 12.1 Å². The van der Waals surface area contributed by atoms with Crippen molar-refractivity contribution in [1.29, 1.82) is 0 Å². The predicted octanol–water partition coefficient (Wildman–Crippen LogP) is 18.0. The van der Waals surface area contributed by atoms with Crippen LogP contribution >= 0.6 is 0 Å². The van der Waals surface area contributed by atoms with Gasteiger partial charge in [-0.1, -0.05) is 188 Å². The Balaban J connectivity index is 0.879. The van der Waals surface area contributed by atoms with Crippen LogP contribution in [0.15, 0.2) is 259 Å². The maximum atomic E-state index is 6.46. The minimum atomic E-state index is 0.901. The Kier molecular flexibility index (Phi) is 9.17. The third-order valence-corrected chi connectivity index (χ3v) is 13.4. The van der Waals surface area contributed by atoms with Crippen molar-refractivity contribution in [3.63, 3.8) is 0 Å². The third-order valence-electron chi connectivity index (χ3n) is 13.4. The topological polar surface area (TPSA) is 21.3 Å². The molecule has 0 aliphatic rings. The molecule has 0 aliphatic carbocycles. The molecule has 2 heterocycles. The molecular formula is C64H42N2O. The van der Waals surface area contributed by atoms with Gasteiger partial charge in [0, 0.05) is 49.9 Å². The van der Waals surface area contributed by atoms with Crippen LogP contribution in [-0.4, -0.2) is 4.57 Å². The normalized spacial score (nSPS) is 11.6. The highest BCUT2D eigenvalue weighted by molar-refractivity contribution is 6.11. The first kappa shape index (κ1) is 38.5. The number of furan rings is 1. The van der Waals surface area contributed by atoms with Crippen LogP contribution in [0.1, 0.15) is 0 Å². The Labute approximate surface area is 388 Å². The van der Waals surface area contributed by atoms with Crippen LogP contribution in [0.2, 0.25) is 0 Å². The minimum Gasteiger partial charge on any atom is -0.455 e. The minimum absolute atomic E-state index is 0.901. The van der Waals surface area contributed by atoms with E-state index in [9.17, 15) is 0 Å². The molecule has 0 atom stereocenters. The molecule has 67 heavy (non-hydrogen) atoms. The lowest BCUT2D eigenvalue weighted by Gasteiger charge is -2.26. The molecule has 13 aromatic rings. The number of hydrogen-bond donors (Lipinski definition) is 0. The van der Waals surface area contributed by atoms with E-state index in [1.165, 1.54) is 60.4 Å². The van der Waals surface area contributed by atoms with E-state index in [1.54, 1.807) is 0 Å². The molecule has 2 aromatic heterocycles. The highest BCUT2D eigenvalue weighted by Gasteiger charge is 2.18. The first-order valence-corrected chi connectivity index (χ1v) is 22.9. The van der Waals surface area contributed by atoms with E-state index in [0.717, 1.165) is 61.4 Å². The highest BCUT2D eigenvalue weighted by atomic mass is 16.3. The van der Waals surface area contributed by atoms with Crippen molar-refractivity contribution < 1.29 is 4.42 Å². The smallest absolute Gasteiger partial charge is 0.143 e. The summed E-state index contributed by atoms with van der Waals surface area (Å²) < 4.78 is 8.82. The van der Waals surface area contributed by atoms with Crippen molar-refractivity contribution in [2.75, 3.05) is 4.90 Å². The Morgan fingerprint density at radius 1 is 0.299 bits per heavy atom. The largest absolute Gasteiger partial charge is 0.455 e. The summed E-state index contributed by atoms with van der Waals surface area (Å²) in [6, 6.07) is 91.8. The van der Waals surface area contributed by atoms with Crippen LogP contribution in [-0.2, 0) is 0 Å². The van der Waals surface area contributed by atoms with Gasteiger partial charge >= 0.3 is 0 Å². The summed E-state index contributed by atoms with van der Waals surface area (Å²) in [5.74, 6) is 0. The van der Waals surface area contributed by atoms with Gasteiger partial charge in [0.15, 0.2) is 0 Å². The van der Waals surface area contributed by atoms with Crippen LogP contribution in [0.3, 0.4) is 0 Å². The van der Waals surface area contributed by atoms with Crippen molar-refractivity contribution in [3.8, 4) is 50.2 Å². The zero-order chi connectivity index (χ0) is 44.3. The maximum absolute atomic E-state index is 6.46. The number of aromatic nitrogens is 1. The summed E-state index contributed by atoms with van der Waals surface area (Å²) >= 11 is 0. The number of anilines is 3. The molecule has 0 aliphatic heterocycles. The van der Waals surface area contributed by atoms with Gasteiger partial charge in [0.1, 0.15) is 11.2 Å². The summed E-state index contributed by atoms with van der Waals surface area (Å²) in [5, 5.41) is 7.27. The number of hydrogen-bond acceptors (Lipinski definition) is 2. The zero-order valence-corrected chi connectivity index (χ0v) is 36.6. The van der Waals surface area contributed by atoms with Gasteiger partial charge in [-0.2, -0.15) is 0 Å². The monoisotopic (exact) mass is 854 g/mol. The van der Waals surface area contributed by atoms with E-state index in [4.69, 9.17) is 4.42 Å². The second-order valence-electron chi connectivity index (χ2n) is 17.2. The molecule has 0 fully saturated rings. The predicted molar refractivity (Wildman–Crippen MR) is 282 cm³/mol. The average molecular weight is 855 g/mol. The van der Waals surface area contributed by atoms with Gasteiger partial charge in [-0.25, -0.2) is 0 Å². The number of para-hydroxylation sites is 4. The molecule has 3 heteroatoms. The van der Waals surface area contributed by atoms with Crippen LogP contribution in [0.4, 0.5) is 17.1 Å². The lowest BCUT2D eigenvalue weighted by molar-refractivity contribution is 0.670. The van der Waals surface area contributed by atoms with Crippen molar-refractivity contribution in [3.05, 3.63) is 255 Å². The number of fused-ring (bicyclic) bond motifs is 7. The van der Waals surface area contributed by atoms with E-state index in [2.05, 4.69) is 252 Å². The van der Waals surface area contributed by atoms with Gasteiger partial charge in [-0.05, 0) is 116 Å². The van der Waals surface area contributed by atoms with E-state index >= 15 is 0 Å². The summed E-state index contributed by atoms with van der Waals surface area (Å²) in [7, 11) is 0. The summed E-state index contributed by atoms with van der Waals surface area (Å²) in [4.78, 5) is 2.35. The van der Waals surface area contributed by atoms with Gasteiger partial charge in [-0.15, -0.1) is 0 Å². The Morgan fingerprint density at radius 2 is 0.731 bits per heavy atom. The van der Waals surface area contributed by atoms with Crippen LogP contribution < -0.4 is 4.90 Å². The van der Waals surface area contributed by atoms with Gasteiger partial charge in [0.25, 0.3) is 0 Å². The Bertz CT molecular complexity index is 3880. The first-order valence-electron chi connectivity index (χ1n) is 22.9. The molecule has 0 N–H and O–H groups in total. The second-order valence-corrected chi connectivity index (χ2v) is 17.2. The summed E-state index contributed by atoms with van der Waals surface area (Å²) in [6.07, 6.45) is 0. The van der Waals surface area contributed by atoms with E-state index < -0.39 is 0 Å². The molecular weight excluding hydrogens is 813 g/mol. The molecule has 0 spiro atoms. The zero-order valence-electron chi connectivity index (χ0n) is 36.6. The molecule has 11 aromatic carbocycles. The second kappa shape index (κ2) is 16.0. The first-order chi connectivity index (χ1) is 33.2. The summed E-state index contributed by atoms with van der Waals surface area (Å²) in [6.45, 7) is 0. The standard InChI is InChI=1S/C64H42N2O/c1-2-13-45(14-3-1)53-20-10-15-48-16-11-21-54(63(48)53)46-31-39-50(40-32-46)65(51-41-33-47(34-42-51)55-22-12-23-59-58-19-6-9-26-62(58)67-64(55)59)49-35-27-43(28-36-49)44-29-37-52(38-30-44)66-60-24-7-4-17-56(60)57-18-5-8-25-61(57)66/h1-42H. The quantitative estimate of drug-likeness (QED) is 0.152. The molecule has 0 unspecified atom stereocenters. The van der Waals surface area contributed by atoms with Crippen molar-refractivity contribution in [1.82, 2.24) is 4.57 Å². The van der Waals surface area contributed by atoms with Crippen LogP contribution in [0, 0.1) is 0 Å². The molecule has 0 bridgehead atoms. The van der Waals surface area contributed by atoms with Gasteiger partial charge in [0.2, 0.25) is 0 Å². The fourth-order valence-corrected chi connectivity index (χ4v) is 10.2. The molecule has 0 saturated heterocycles. The van der Waals surface area contributed by atoms with E-state index in [-0.39, 0.29) is 0 Å². The third kappa shape index (κ3) is 6.59. The highest BCUT2D eigenvalue weighted by Crippen LogP contribution is 2.42. The Hall–Kier alpha value is -8.92. The molecule has 0 saturated carbocycles. The molecule has 3 nitrogen and oxygen atoms in total. The van der Waals surface area contributed by atoms with Gasteiger partial charge in [0.05, 0.1) is 11.0 Å². The SMILES string of the molecule is c1ccc(-c2cccc3cccc(-c4ccc(N(c5ccc(-c6ccc(-n7c8ccccc8c8ccccc87)cc6)cc5)c5ccc(-c6cccc7c6oc6ccccc67)cc5)cc4)c23)cc1. The number of benzene rings is 11. The maximum Gasteiger partial charge on any atom is 0.143 e. The lowest BCUT2D eigenvalue weighted by atomic mass is 9.91. The van der Waals surface area contributed by atoms with Crippen LogP contribution in [0.25, 0.3) is 105 Å². The average Bonchev–Trinajstić information content (AvgIpc) is 3.96. The van der Waals surface area contributed by atoms with Crippen molar-refractivity contribution in [2.45, 2.75) is 0 Å². The Morgan fingerprint density at radius 3 is 1.33 bits per heavy atom. The van der Waals surface area contributed by atoms with Gasteiger partial charge < -0.3 is 13.9 Å². The van der Waals surface area contributed by atoms with Gasteiger partial charge in [-0.3, -0.25) is 0 Å². The number of rotatable bonds is 8. The van der Waals surface area contributed by atoms with Crippen LogP contribution in [0.5, 0.6) is 0 Å². The summed E-state index contributed by atoms with van der Waals surface area (Å²) in [5.41, 5.74) is 17.9. The fraction of sp³-hybridized carbons (Fsp3) is 0. The fourth-order valence-electron chi connectivity index (χ4n) is 10.2. The van der Waals surface area contributed by atoms with E-state index in [0.29, 0.717) is 0 Å². The molecule has 0 radical (unpaired) electrons. The van der Waals surface area contributed by atoms with Crippen molar-refractivity contribution in [2.24, 2.45) is 0 Å². The molecule has 314 valence electrons.